The maximum absolute atomic E-state index is 11.6. The minimum atomic E-state index is -0.287. The van der Waals surface area contributed by atoms with Gasteiger partial charge < -0.3 is 0 Å². The fourth-order valence-electron chi connectivity index (χ4n) is 1.78. The lowest BCUT2D eigenvalue weighted by atomic mass is 9.87. The van der Waals surface area contributed by atoms with Gasteiger partial charge in [-0.1, -0.05) is 20.8 Å². The standard InChI is InChI=1S/C10H16O2/c1-4-8(11)7-5-6-10(2,3)9(7)12/h7H,4-6H2,1-3H3. The first kappa shape index (κ1) is 9.43. The van der Waals surface area contributed by atoms with Crippen LogP contribution in [0.25, 0.3) is 0 Å². The van der Waals surface area contributed by atoms with E-state index >= 15 is 0 Å². The summed E-state index contributed by atoms with van der Waals surface area (Å²) in [4.78, 5) is 22.9. The highest BCUT2D eigenvalue weighted by Crippen LogP contribution is 2.38. The summed E-state index contributed by atoms with van der Waals surface area (Å²) in [6.45, 7) is 5.68. The molecule has 1 fully saturated rings. The molecule has 0 saturated heterocycles. The summed E-state index contributed by atoms with van der Waals surface area (Å²) in [6, 6.07) is 0. The van der Waals surface area contributed by atoms with Gasteiger partial charge in [-0.3, -0.25) is 9.59 Å². The third kappa shape index (κ3) is 1.43. The van der Waals surface area contributed by atoms with Crippen molar-refractivity contribution in [3.8, 4) is 0 Å². The second-order valence-electron chi connectivity index (χ2n) is 4.16. The van der Waals surface area contributed by atoms with Gasteiger partial charge in [-0.25, -0.2) is 0 Å². The molecule has 0 spiro atoms. The average Bonchev–Trinajstić information content (AvgIpc) is 2.27. The van der Waals surface area contributed by atoms with Crippen LogP contribution in [0.15, 0.2) is 0 Å². The Labute approximate surface area is 73.3 Å². The Morgan fingerprint density at radius 1 is 1.58 bits per heavy atom. The Hall–Kier alpha value is -0.660. The molecule has 0 aromatic carbocycles. The van der Waals surface area contributed by atoms with Gasteiger partial charge in [0, 0.05) is 11.8 Å². The van der Waals surface area contributed by atoms with Crippen LogP contribution >= 0.6 is 0 Å². The lowest BCUT2D eigenvalue weighted by Gasteiger charge is -2.14. The number of carbonyl (C=O) groups excluding carboxylic acids is 2. The molecule has 1 aliphatic carbocycles. The Morgan fingerprint density at radius 2 is 2.17 bits per heavy atom. The van der Waals surface area contributed by atoms with Crippen LogP contribution in [0.2, 0.25) is 0 Å². The Balaban J connectivity index is 2.74. The van der Waals surface area contributed by atoms with Crippen molar-refractivity contribution in [1.29, 1.82) is 0 Å². The molecule has 2 heteroatoms. The number of Topliss-reactive ketones (excluding diaryl/α,β-unsaturated/α-hetero) is 2. The second kappa shape index (κ2) is 3.00. The van der Waals surface area contributed by atoms with E-state index in [0.29, 0.717) is 6.42 Å². The molecule has 2 nitrogen and oxygen atoms in total. The molecule has 1 atom stereocenters. The van der Waals surface area contributed by atoms with Gasteiger partial charge in [0.15, 0.2) is 0 Å². The molecule has 0 aliphatic heterocycles. The van der Waals surface area contributed by atoms with Crippen LogP contribution in [0.3, 0.4) is 0 Å². The Kier molecular flexibility index (Phi) is 2.36. The highest BCUT2D eigenvalue weighted by molar-refractivity contribution is 6.05. The lowest BCUT2D eigenvalue weighted by Crippen LogP contribution is -2.26. The van der Waals surface area contributed by atoms with Crippen molar-refractivity contribution in [2.24, 2.45) is 11.3 Å². The molecule has 0 heterocycles. The van der Waals surface area contributed by atoms with Gasteiger partial charge in [-0.05, 0) is 12.8 Å². The molecule has 0 radical (unpaired) electrons. The van der Waals surface area contributed by atoms with Crippen molar-refractivity contribution < 1.29 is 9.59 Å². The molecule has 1 saturated carbocycles. The SMILES string of the molecule is CCC(=O)C1CCC(C)(C)C1=O. The van der Waals surface area contributed by atoms with E-state index in [-0.39, 0.29) is 22.9 Å². The van der Waals surface area contributed by atoms with Gasteiger partial charge in [0.25, 0.3) is 0 Å². The van der Waals surface area contributed by atoms with Crippen molar-refractivity contribution in [1.82, 2.24) is 0 Å². The Bertz CT molecular complexity index is 216. The molecule has 68 valence electrons. The fraction of sp³-hybridized carbons (Fsp3) is 0.800. The molecular formula is C10H16O2. The molecular weight excluding hydrogens is 152 g/mol. The predicted octanol–water partition coefficient (Wildman–Crippen LogP) is 1.97. The largest absolute Gasteiger partial charge is 0.299 e. The summed E-state index contributed by atoms with van der Waals surface area (Å²) < 4.78 is 0. The summed E-state index contributed by atoms with van der Waals surface area (Å²) in [6.07, 6.45) is 2.12. The van der Waals surface area contributed by atoms with Gasteiger partial charge in [0.2, 0.25) is 0 Å². The van der Waals surface area contributed by atoms with E-state index in [1.165, 1.54) is 0 Å². The van der Waals surface area contributed by atoms with E-state index in [2.05, 4.69) is 0 Å². The zero-order valence-electron chi connectivity index (χ0n) is 8.02. The van der Waals surface area contributed by atoms with Crippen molar-refractivity contribution in [3.05, 3.63) is 0 Å². The topological polar surface area (TPSA) is 34.1 Å². The number of ketones is 2. The number of carbonyl (C=O) groups is 2. The van der Waals surface area contributed by atoms with Gasteiger partial charge >= 0.3 is 0 Å². The average molecular weight is 168 g/mol. The monoisotopic (exact) mass is 168 g/mol. The molecule has 0 amide bonds. The molecule has 0 aromatic rings. The van der Waals surface area contributed by atoms with Crippen molar-refractivity contribution in [2.75, 3.05) is 0 Å². The summed E-state index contributed by atoms with van der Waals surface area (Å²) in [7, 11) is 0. The highest BCUT2D eigenvalue weighted by Gasteiger charge is 2.42. The molecule has 0 bridgehead atoms. The van der Waals surface area contributed by atoms with Gasteiger partial charge in [-0.15, -0.1) is 0 Å². The molecule has 0 aromatic heterocycles. The van der Waals surface area contributed by atoms with E-state index in [1.807, 2.05) is 20.8 Å². The van der Waals surface area contributed by atoms with Crippen molar-refractivity contribution in [3.63, 3.8) is 0 Å². The quantitative estimate of drug-likeness (QED) is 0.591. The number of hydrogen-bond donors (Lipinski definition) is 0. The van der Waals surface area contributed by atoms with Crippen molar-refractivity contribution in [2.45, 2.75) is 40.0 Å². The van der Waals surface area contributed by atoms with Gasteiger partial charge in [-0.2, -0.15) is 0 Å². The van der Waals surface area contributed by atoms with E-state index in [0.717, 1.165) is 12.8 Å². The first-order valence-electron chi connectivity index (χ1n) is 4.56. The van der Waals surface area contributed by atoms with E-state index in [4.69, 9.17) is 0 Å². The fourth-order valence-corrected chi connectivity index (χ4v) is 1.78. The normalized spacial score (nSPS) is 27.6. The summed E-state index contributed by atoms with van der Waals surface area (Å²) in [5, 5.41) is 0. The van der Waals surface area contributed by atoms with Crippen LogP contribution in [0.5, 0.6) is 0 Å². The predicted molar refractivity (Wildman–Crippen MR) is 46.8 cm³/mol. The zero-order valence-corrected chi connectivity index (χ0v) is 8.02. The summed E-state index contributed by atoms with van der Waals surface area (Å²) in [5.41, 5.74) is -0.254. The minimum Gasteiger partial charge on any atom is -0.299 e. The molecule has 1 unspecified atom stereocenters. The molecule has 0 N–H and O–H groups in total. The van der Waals surface area contributed by atoms with Gasteiger partial charge in [0.1, 0.15) is 11.6 Å². The van der Waals surface area contributed by atoms with E-state index in [9.17, 15) is 9.59 Å². The highest BCUT2D eigenvalue weighted by atomic mass is 16.2. The minimum absolute atomic E-state index is 0.116. The molecule has 1 aliphatic rings. The van der Waals surface area contributed by atoms with E-state index < -0.39 is 0 Å². The lowest BCUT2D eigenvalue weighted by molar-refractivity contribution is -0.134. The van der Waals surface area contributed by atoms with Gasteiger partial charge in [0.05, 0.1) is 5.92 Å². The van der Waals surface area contributed by atoms with Crippen LogP contribution in [-0.4, -0.2) is 11.6 Å². The first-order chi connectivity index (χ1) is 5.49. The summed E-state index contributed by atoms with van der Waals surface area (Å²) in [5.74, 6) is -0.0232. The van der Waals surface area contributed by atoms with Crippen LogP contribution in [0.1, 0.15) is 40.0 Å². The molecule has 12 heavy (non-hydrogen) atoms. The van der Waals surface area contributed by atoms with Crippen LogP contribution in [0, 0.1) is 11.3 Å². The van der Waals surface area contributed by atoms with Crippen LogP contribution in [0.4, 0.5) is 0 Å². The second-order valence-corrected chi connectivity index (χ2v) is 4.16. The van der Waals surface area contributed by atoms with Crippen LogP contribution < -0.4 is 0 Å². The number of rotatable bonds is 2. The third-order valence-corrected chi connectivity index (χ3v) is 2.78. The first-order valence-corrected chi connectivity index (χ1v) is 4.56. The zero-order chi connectivity index (χ0) is 9.35. The smallest absolute Gasteiger partial charge is 0.148 e. The van der Waals surface area contributed by atoms with Crippen LogP contribution in [-0.2, 0) is 9.59 Å². The third-order valence-electron chi connectivity index (χ3n) is 2.78. The molecule has 1 rings (SSSR count). The summed E-state index contributed by atoms with van der Waals surface area (Å²) >= 11 is 0. The maximum Gasteiger partial charge on any atom is 0.148 e. The van der Waals surface area contributed by atoms with Crippen molar-refractivity contribution >= 4 is 11.6 Å². The maximum atomic E-state index is 11.6. The Morgan fingerprint density at radius 3 is 2.50 bits per heavy atom. The van der Waals surface area contributed by atoms with E-state index in [1.54, 1.807) is 0 Å². The number of hydrogen-bond acceptors (Lipinski definition) is 2.